The maximum Gasteiger partial charge on any atom is 0.239 e. The summed E-state index contributed by atoms with van der Waals surface area (Å²) in [5.41, 5.74) is 12.7. The normalized spacial score (nSPS) is 14.8. The van der Waals surface area contributed by atoms with Crippen molar-refractivity contribution in [1.29, 1.82) is 0 Å². The second-order valence-electron chi connectivity index (χ2n) is 10.5. The summed E-state index contributed by atoms with van der Waals surface area (Å²) in [6, 6.07) is 31.4. The molecule has 1 aliphatic heterocycles. The molecule has 1 saturated heterocycles. The molecule has 0 radical (unpaired) electrons. The van der Waals surface area contributed by atoms with Crippen molar-refractivity contribution in [3.05, 3.63) is 138 Å². The van der Waals surface area contributed by atoms with E-state index in [0.29, 0.717) is 6.42 Å². The molecule has 0 spiro atoms. The number of aromatic nitrogens is 2. The molecule has 1 aliphatic rings. The molecule has 2 N–H and O–H groups in total. The van der Waals surface area contributed by atoms with Crippen molar-refractivity contribution in [1.82, 2.24) is 14.5 Å². The quantitative estimate of drug-likeness (QED) is 0.223. The van der Waals surface area contributed by atoms with Gasteiger partial charge in [-0.25, -0.2) is 4.98 Å². The Bertz CT molecular complexity index is 1290. The molecule has 0 bridgehead atoms. The Labute approximate surface area is 232 Å². The summed E-state index contributed by atoms with van der Waals surface area (Å²) in [5.74, 6) is 0.0565. The third-order valence-electron chi connectivity index (χ3n) is 8.07. The fraction of sp³-hybridized carbons (Fsp3) is 0.294. The topological polar surface area (TPSA) is 64.2 Å². The van der Waals surface area contributed by atoms with E-state index in [2.05, 4.69) is 109 Å². The predicted molar refractivity (Wildman–Crippen MR) is 157 cm³/mol. The molecule has 0 aliphatic carbocycles. The van der Waals surface area contributed by atoms with Crippen LogP contribution in [-0.4, -0.2) is 39.5 Å². The molecule has 1 fully saturated rings. The van der Waals surface area contributed by atoms with Gasteiger partial charge in [0, 0.05) is 18.8 Å². The van der Waals surface area contributed by atoms with Crippen molar-refractivity contribution < 1.29 is 4.79 Å². The first-order chi connectivity index (χ1) is 19.0. The Balaban J connectivity index is 1.44. The molecule has 1 aromatic heterocycles. The first kappa shape index (κ1) is 26.6. The third-order valence-corrected chi connectivity index (χ3v) is 8.07. The summed E-state index contributed by atoms with van der Waals surface area (Å²) < 4.78 is 2.31. The number of carbonyl (C=O) groups excluding carboxylic acids is 1. The Morgan fingerprint density at radius 1 is 0.897 bits per heavy atom. The van der Waals surface area contributed by atoms with Crippen molar-refractivity contribution in [2.75, 3.05) is 13.1 Å². The molecule has 1 atom stereocenters. The number of benzene rings is 3. The molecular weight excluding hydrogens is 480 g/mol. The Morgan fingerprint density at radius 3 is 1.87 bits per heavy atom. The van der Waals surface area contributed by atoms with Gasteiger partial charge in [0.25, 0.3) is 0 Å². The van der Waals surface area contributed by atoms with E-state index >= 15 is 0 Å². The maximum absolute atomic E-state index is 12.9. The van der Waals surface area contributed by atoms with Crippen LogP contribution in [0.5, 0.6) is 0 Å². The van der Waals surface area contributed by atoms with Gasteiger partial charge in [0.15, 0.2) is 0 Å². The molecule has 4 aromatic rings. The number of rotatable bonds is 9. The van der Waals surface area contributed by atoms with Gasteiger partial charge in [-0.05, 0) is 55.7 Å². The number of likely N-dealkylation sites (tertiary alicyclic amines) is 1. The van der Waals surface area contributed by atoms with Crippen LogP contribution in [0.1, 0.15) is 53.8 Å². The van der Waals surface area contributed by atoms with Crippen LogP contribution in [0.4, 0.5) is 0 Å². The van der Waals surface area contributed by atoms with E-state index in [4.69, 9.17) is 10.7 Å². The molecule has 0 saturated carbocycles. The molecular formula is C34H38N4O. The SMILES string of the molecule is C=C1CCN(C(=O)[C@@H](N)CCCc2ncn(C(c3ccccc3)(c3ccccc3)c3ccccc3)c2C)CC1. The number of nitrogens with zero attached hydrogens (tertiary/aromatic N) is 3. The van der Waals surface area contributed by atoms with Gasteiger partial charge in [-0.15, -0.1) is 0 Å². The fourth-order valence-electron chi connectivity index (χ4n) is 5.88. The third kappa shape index (κ3) is 5.32. The van der Waals surface area contributed by atoms with E-state index in [-0.39, 0.29) is 5.91 Å². The first-order valence-electron chi connectivity index (χ1n) is 13.9. The van der Waals surface area contributed by atoms with E-state index in [1.54, 1.807) is 0 Å². The predicted octanol–water partition coefficient (Wildman–Crippen LogP) is 5.86. The first-order valence-corrected chi connectivity index (χ1v) is 13.9. The minimum atomic E-state index is -0.580. The van der Waals surface area contributed by atoms with Crippen molar-refractivity contribution >= 4 is 5.91 Å². The zero-order valence-electron chi connectivity index (χ0n) is 22.8. The number of aryl methyl sites for hydroxylation is 1. The van der Waals surface area contributed by atoms with Gasteiger partial charge in [0.2, 0.25) is 5.91 Å². The Hall–Kier alpha value is -3.96. The lowest BCUT2D eigenvalue weighted by molar-refractivity contribution is -0.133. The zero-order valence-corrected chi connectivity index (χ0v) is 22.8. The number of imidazole rings is 1. The van der Waals surface area contributed by atoms with Crippen LogP contribution in [0.2, 0.25) is 0 Å². The lowest BCUT2D eigenvalue weighted by atomic mass is 9.76. The lowest BCUT2D eigenvalue weighted by Gasteiger charge is -2.38. The summed E-state index contributed by atoms with van der Waals surface area (Å²) >= 11 is 0. The van der Waals surface area contributed by atoms with E-state index in [1.165, 1.54) is 22.3 Å². The highest BCUT2D eigenvalue weighted by Crippen LogP contribution is 2.42. The van der Waals surface area contributed by atoms with Crippen molar-refractivity contribution in [3.8, 4) is 0 Å². The second-order valence-corrected chi connectivity index (χ2v) is 10.5. The molecule has 0 unspecified atom stereocenters. The number of carbonyl (C=O) groups is 1. The molecule has 3 aromatic carbocycles. The van der Waals surface area contributed by atoms with Crippen LogP contribution >= 0.6 is 0 Å². The molecule has 5 nitrogen and oxygen atoms in total. The highest BCUT2D eigenvalue weighted by Gasteiger charge is 2.39. The molecule has 39 heavy (non-hydrogen) atoms. The molecule has 5 heteroatoms. The van der Waals surface area contributed by atoms with Crippen LogP contribution < -0.4 is 5.73 Å². The number of hydrogen-bond donors (Lipinski definition) is 1. The smallest absolute Gasteiger partial charge is 0.239 e. The average molecular weight is 519 g/mol. The van der Waals surface area contributed by atoms with Gasteiger partial charge in [-0.3, -0.25) is 4.79 Å². The Kier molecular flexibility index (Phi) is 8.08. The average Bonchev–Trinajstić information content (AvgIpc) is 3.35. The summed E-state index contributed by atoms with van der Waals surface area (Å²) in [6.07, 6.45) is 5.95. The number of nitrogens with two attached hydrogens (primary N) is 1. The zero-order chi connectivity index (χ0) is 27.2. The van der Waals surface area contributed by atoms with Crippen LogP contribution in [0.15, 0.2) is 109 Å². The summed E-state index contributed by atoms with van der Waals surface area (Å²) in [4.78, 5) is 19.7. The van der Waals surface area contributed by atoms with E-state index in [9.17, 15) is 4.79 Å². The summed E-state index contributed by atoms with van der Waals surface area (Å²) in [6.45, 7) is 7.66. The number of hydrogen-bond acceptors (Lipinski definition) is 3. The van der Waals surface area contributed by atoms with Crippen molar-refractivity contribution in [2.45, 2.75) is 50.6 Å². The largest absolute Gasteiger partial charge is 0.341 e. The van der Waals surface area contributed by atoms with Gasteiger partial charge in [0.05, 0.1) is 18.1 Å². The van der Waals surface area contributed by atoms with Gasteiger partial charge in [-0.1, -0.05) is 103 Å². The van der Waals surface area contributed by atoms with E-state index in [1.807, 2.05) is 11.2 Å². The molecule has 2 heterocycles. The van der Waals surface area contributed by atoms with Gasteiger partial charge >= 0.3 is 0 Å². The van der Waals surface area contributed by atoms with Crippen LogP contribution in [0, 0.1) is 6.92 Å². The number of piperidine rings is 1. The minimum Gasteiger partial charge on any atom is -0.341 e. The monoisotopic (exact) mass is 518 g/mol. The van der Waals surface area contributed by atoms with E-state index in [0.717, 1.165) is 50.2 Å². The van der Waals surface area contributed by atoms with Crippen LogP contribution in [0.3, 0.4) is 0 Å². The highest BCUT2D eigenvalue weighted by molar-refractivity contribution is 5.81. The van der Waals surface area contributed by atoms with Crippen LogP contribution in [-0.2, 0) is 16.8 Å². The summed E-state index contributed by atoms with van der Waals surface area (Å²) in [5, 5.41) is 0. The number of amides is 1. The second kappa shape index (κ2) is 11.8. The van der Waals surface area contributed by atoms with E-state index < -0.39 is 11.6 Å². The standard InChI is InChI=1S/C34H38N4O/c1-26-21-23-37(24-22-26)33(39)31(35)19-12-20-32-27(2)38(25-36-32)34(28-13-6-3-7-14-28,29-15-8-4-9-16-29)30-17-10-5-11-18-30/h3-11,13-18,25,31H,1,12,19-24,35H2,2H3/t31-/m0/s1. The highest BCUT2D eigenvalue weighted by atomic mass is 16.2. The van der Waals surface area contributed by atoms with Gasteiger partial charge in [-0.2, -0.15) is 0 Å². The minimum absolute atomic E-state index is 0.0565. The Morgan fingerprint density at radius 2 is 1.38 bits per heavy atom. The fourth-order valence-corrected chi connectivity index (χ4v) is 5.88. The summed E-state index contributed by atoms with van der Waals surface area (Å²) in [7, 11) is 0. The van der Waals surface area contributed by atoms with Gasteiger partial charge < -0.3 is 15.2 Å². The van der Waals surface area contributed by atoms with Crippen molar-refractivity contribution in [2.24, 2.45) is 5.73 Å². The van der Waals surface area contributed by atoms with Crippen molar-refractivity contribution in [3.63, 3.8) is 0 Å². The lowest BCUT2D eigenvalue weighted by Crippen LogP contribution is -2.46. The molecule has 200 valence electrons. The van der Waals surface area contributed by atoms with Gasteiger partial charge in [0.1, 0.15) is 5.54 Å². The molecule has 1 amide bonds. The van der Waals surface area contributed by atoms with Crippen LogP contribution in [0.25, 0.3) is 0 Å². The maximum atomic E-state index is 12.9. The molecule has 5 rings (SSSR count).